The van der Waals surface area contributed by atoms with Crippen LogP contribution in [0.5, 0.6) is 0 Å². The molecule has 1 amide bonds. The van der Waals surface area contributed by atoms with Crippen molar-refractivity contribution in [2.75, 3.05) is 11.9 Å². The molecule has 0 aliphatic heterocycles. The number of rotatable bonds is 5. The van der Waals surface area contributed by atoms with Crippen LogP contribution < -0.4 is 10.6 Å². The highest BCUT2D eigenvalue weighted by Gasteiger charge is 2.09. The van der Waals surface area contributed by atoms with E-state index in [4.69, 9.17) is 0 Å². The molecular formula is C15H21N5O. The molecule has 2 aromatic rings. The van der Waals surface area contributed by atoms with Crippen LogP contribution in [-0.4, -0.2) is 32.8 Å². The molecule has 1 heterocycles. The minimum absolute atomic E-state index is 0.000237. The van der Waals surface area contributed by atoms with E-state index in [0.29, 0.717) is 13.0 Å². The van der Waals surface area contributed by atoms with Crippen molar-refractivity contribution in [1.82, 2.24) is 20.1 Å². The van der Waals surface area contributed by atoms with Gasteiger partial charge in [0.05, 0.1) is 5.69 Å². The van der Waals surface area contributed by atoms with E-state index < -0.39 is 0 Å². The molecule has 0 atom stereocenters. The molecule has 0 saturated carbocycles. The number of carbonyl (C=O) groups is 1. The van der Waals surface area contributed by atoms with Gasteiger partial charge in [-0.1, -0.05) is 0 Å². The fourth-order valence-electron chi connectivity index (χ4n) is 1.81. The van der Waals surface area contributed by atoms with Crippen LogP contribution in [0.1, 0.15) is 27.2 Å². The zero-order valence-corrected chi connectivity index (χ0v) is 12.6. The van der Waals surface area contributed by atoms with Gasteiger partial charge in [0.1, 0.15) is 12.7 Å². The van der Waals surface area contributed by atoms with Gasteiger partial charge in [0.15, 0.2) is 0 Å². The summed E-state index contributed by atoms with van der Waals surface area (Å²) in [6.45, 7) is 6.89. The van der Waals surface area contributed by atoms with Crippen molar-refractivity contribution in [1.29, 1.82) is 0 Å². The SMILES string of the molecule is CC(C)(C)NCCC(=O)Nc1ccc(-n2cncn2)cc1. The van der Waals surface area contributed by atoms with Gasteiger partial charge < -0.3 is 10.6 Å². The van der Waals surface area contributed by atoms with Crippen molar-refractivity contribution in [3.8, 4) is 5.69 Å². The Kier molecular flexibility index (Phi) is 4.70. The van der Waals surface area contributed by atoms with E-state index >= 15 is 0 Å². The van der Waals surface area contributed by atoms with E-state index in [0.717, 1.165) is 11.4 Å². The summed E-state index contributed by atoms with van der Waals surface area (Å²) in [6.07, 6.45) is 3.56. The van der Waals surface area contributed by atoms with Gasteiger partial charge in [-0.3, -0.25) is 4.79 Å². The maximum absolute atomic E-state index is 11.8. The minimum Gasteiger partial charge on any atom is -0.326 e. The second-order valence-corrected chi connectivity index (χ2v) is 5.86. The first-order chi connectivity index (χ1) is 9.94. The number of amides is 1. The monoisotopic (exact) mass is 287 g/mol. The number of hydrogen-bond donors (Lipinski definition) is 2. The fraction of sp³-hybridized carbons (Fsp3) is 0.400. The summed E-state index contributed by atoms with van der Waals surface area (Å²) >= 11 is 0. The molecular weight excluding hydrogens is 266 g/mol. The summed E-state index contributed by atoms with van der Waals surface area (Å²) in [5.41, 5.74) is 1.71. The Morgan fingerprint density at radius 3 is 2.52 bits per heavy atom. The Morgan fingerprint density at radius 2 is 1.95 bits per heavy atom. The van der Waals surface area contributed by atoms with Crippen molar-refractivity contribution < 1.29 is 4.79 Å². The highest BCUT2D eigenvalue weighted by Crippen LogP contribution is 2.12. The Labute approximate surface area is 124 Å². The summed E-state index contributed by atoms with van der Waals surface area (Å²) in [5.74, 6) is 0.000237. The topological polar surface area (TPSA) is 71.8 Å². The number of nitrogens with zero attached hydrogens (tertiary/aromatic N) is 3. The van der Waals surface area contributed by atoms with Crippen LogP contribution in [0.15, 0.2) is 36.9 Å². The standard InChI is InChI=1S/C15H21N5O/c1-15(2,3)17-9-8-14(21)19-12-4-6-13(7-5-12)20-11-16-10-18-20/h4-7,10-11,17H,8-9H2,1-3H3,(H,19,21). The third kappa shape index (κ3) is 5.00. The number of hydrogen-bond acceptors (Lipinski definition) is 4. The largest absolute Gasteiger partial charge is 0.326 e. The number of aromatic nitrogens is 3. The molecule has 21 heavy (non-hydrogen) atoms. The van der Waals surface area contributed by atoms with E-state index in [2.05, 4.69) is 41.5 Å². The smallest absolute Gasteiger partial charge is 0.225 e. The van der Waals surface area contributed by atoms with Crippen molar-refractivity contribution in [3.63, 3.8) is 0 Å². The molecule has 0 unspecified atom stereocenters. The number of nitrogens with one attached hydrogen (secondary N) is 2. The Bertz CT molecular complexity index is 569. The highest BCUT2D eigenvalue weighted by atomic mass is 16.1. The highest BCUT2D eigenvalue weighted by molar-refractivity contribution is 5.90. The summed E-state index contributed by atoms with van der Waals surface area (Å²) in [7, 11) is 0. The Balaban J connectivity index is 1.84. The lowest BCUT2D eigenvalue weighted by Gasteiger charge is -2.20. The second-order valence-electron chi connectivity index (χ2n) is 5.86. The van der Waals surface area contributed by atoms with Gasteiger partial charge in [-0.15, -0.1) is 0 Å². The second kappa shape index (κ2) is 6.49. The normalized spacial score (nSPS) is 11.4. The van der Waals surface area contributed by atoms with Gasteiger partial charge in [-0.2, -0.15) is 5.10 Å². The summed E-state index contributed by atoms with van der Waals surface area (Å²) in [6, 6.07) is 7.48. The van der Waals surface area contributed by atoms with Gasteiger partial charge in [-0.05, 0) is 45.0 Å². The summed E-state index contributed by atoms with van der Waals surface area (Å²) in [5, 5.41) is 10.2. The van der Waals surface area contributed by atoms with Crippen molar-refractivity contribution >= 4 is 11.6 Å². The molecule has 2 N–H and O–H groups in total. The predicted octanol–water partition coefficient (Wildman–Crippen LogP) is 1.98. The lowest BCUT2D eigenvalue weighted by molar-refractivity contribution is -0.116. The van der Waals surface area contributed by atoms with E-state index in [9.17, 15) is 4.79 Å². The van der Waals surface area contributed by atoms with Crippen LogP contribution >= 0.6 is 0 Å². The van der Waals surface area contributed by atoms with E-state index in [1.165, 1.54) is 6.33 Å². The Hall–Kier alpha value is -2.21. The molecule has 1 aromatic carbocycles. The van der Waals surface area contributed by atoms with E-state index in [-0.39, 0.29) is 11.4 Å². The zero-order chi connectivity index (χ0) is 15.3. The zero-order valence-electron chi connectivity index (χ0n) is 12.6. The molecule has 0 spiro atoms. The van der Waals surface area contributed by atoms with Gasteiger partial charge in [0.2, 0.25) is 5.91 Å². The molecule has 0 aliphatic carbocycles. The Morgan fingerprint density at radius 1 is 1.24 bits per heavy atom. The molecule has 6 nitrogen and oxygen atoms in total. The molecule has 112 valence electrons. The molecule has 0 aliphatic rings. The minimum atomic E-state index is 0.000237. The maximum atomic E-state index is 11.8. The van der Waals surface area contributed by atoms with Crippen LogP contribution in [0.3, 0.4) is 0 Å². The van der Waals surface area contributed by atoms with E-state index in [1.807, 2.05) is 24.3 Å². The molecule has 0 bridgehead atoms. The van der Waals surface area contributed by atoms with Gasteiger partial charge in [0.25, 0.3) is 0 Å². The number of anilines is 1. The quantitative estimate of drug-likeness (QED) is 0.882. The molecule has 0 fully saturated rings. The third-order valence-corrected chi connectivity index (χ3v) is 2.84. The van der Waals surface area contributed by atoms with Crippen molar-refractivity contribution in [2.45, 2.75) is 32.7 Å². The number of carbonyl (C=O) groups excluding carboxylic acids is 1. The molecule has 2 rings (SSSR count). The molecule has 1 aromatic heterocycles. The summed E-state index contributed by atoms with van der Waals surface area (Å²) < 4.78 is 1.67. The first kappa shape index (κ1) is 15.2. The fourth-order valence-corrected chi connectivity index (χ4v) is 1.81. The lowest BCUT2D eigenvalue weighted by atomic mass is 10.1. The van der Waals surface area contributed by atoms with Crippen LogP contribution in [0, 0.1) is 0 Å². The van der Waals surface area contributed by atoms with Crippen molar-refractivity contribution in [2.24, 2.45) is 0 Å². The van der Waals surface area contributed by atoms with Gasteiger partial charge in [-0.25, -0.2) is 9.67 Å². The maximum Gasteiger partial charge on any atom is 0.225 e. The predicted molar refractivity (Wildman–Crippen MR) is 82.4 cm³/mol. The van der Waals surface area contributed by atoms with Crippen LogP contribution in [0.25, 0.3) is 5.69 Å². The first-order valence-electron chi connectivity index (χ1n) is 6.94. The van der Waals surface area contributed by atoms with Crippen LogP contribution in [0.2, 0.25) is 0 Å². The van der Waals surface area contributed by atoms with Crippen LogP contribution in [-0.2, 0) is 4.79 Å². The van der Waals surface area contributed by atoms with E-state index in [1.54, 1.807) is 11.0 Å². The first-order valence-corrected chi connectivity index (χ1v) is 6.94. The molecule has 0 radical (unpaired) electrons. The number of benzene rings is 1. The molecule has 0 saturated heterocycles. The van der Waals surface area contributed by atoms with Gasteiger partial charge in [0, 0.05) is 24.2 Å². The summed E-state index contributed by atoms with van der Waals surface area (Å²) in [4.78, 5) is 15.7. The third-order valence-electron chi connectivity index (χ3n) is 2.84. The molecule has 6 heteroatoms. The average molecular weight is 287 g/mol. The van der Waals surface area contributed by atoms with Crippen molar-refractivity contribution in [3.05, 3.63) is 36.9 Å². The van der Waals surface area contributed by atoms with Crippen LogP contribution in [0.4, 0.5) is 5.69 Å². The average Bonchev–Trinajstić information content (AvgIpc) is 2.92. The van der Waals surface area contributed by atoms with Gasteiger partial charge >= 0.3 is 0 Å². The lowest BCUT2D eigenvalue weighted by Crippen LogP contribution is -2.37.